The number of nitrogens with zero attached hydrogens (tertiary/aromatic N) is 1. The molecule has 0 aliphatic carbocycles. The number of hydrogen-bond acceptors (Lipinski definition) is 3. The molecule has 0 spiro atoms. The lowest BCUT2D eigenvalue weighted by Gasteiger charge is -2.25. The van der Waals surface area contributed by atoms with Gasteiger partial charge in [0, 0.05) is 25.2 Å². The van der Waals surface area contributed by atoms with Gasteiger partial charge in [-0.1, -0.05) is 12.1 Å². The van der Waals surface area contributed by atoms with Crippen LogP contribution < -0.4 is 15.5 Å². The van der Waals surface area contributed by atoms with Gasteiger partial charge in [-0.25, -0.2) is 4.39 Å². The van der Waals surface area contributed by atoms with Crippen molar-refractivity contribution in [2.45, 2.75) is 25.8 Å². The Morgan fingerprint density at radius 2 is 1.70 bits per heavy atom. The van der Waals surface area contributed by atoms with E-state index < -0.39 is 11.8 Å². The molecule has 7 heteroatoms. The van der Waals surface area contributed by atoms with Gasteiger partial charge in [-0.3, -0.25) is 14.4 Å². The standard InChI is InChI=1S/C20H18FN3O3/c21-15-4-1-12(2-5-15)11-22-19(26)20(27)23-16-9-13-3-6-17(25)24-8-7-14(10-16)18(13)24/h1-2,4-5,9-10H,3,6-8,11H2,(H,22,26)(H,23,27). The summed E-state index contributed by atoms with van der Waals surface area (Å²) in [6, 6.07) is 9.34. The summed E-state index contributed by atoms with van der Waals surface area (Å²) in [6.45, 7) is 0.801. The molecule has 0 fully saturated rings. The average Bonchev–Trinajstić information content (AvgIpc) is 3.09. The Morgan fingerprint density at radius 3 is 2.44 bits per heavy atom. The molecule has 3 amide bonds. The van der Waals surface area contributed by atoms with Crippen molar-refractivity contribution in [3.8, 4) is 0 Å². The average molecular weight is 367 g/mol. The fourth-order valence-corrected chi connectivity index (χ4v) is 3.58. The Balaban J connectivity index is 1.42. The molecule has 0 unspecified atom stereocenters. The van der Waals surface area contributed by atoms with Gasteiger partial charge in [-0.05, 0) is 53.8 Å². The smallest absolute Gasteiger partial charge is 0.313 e. The molecule has 2 N–H and O–H groups in total. The summed E-state index contributed by atoms with van der Waals surface area (Å²) in [4.78, 5) is 38.0. The molecule has 0 radical (unpaired) electrons. The summed E-state index contributed by atoms with van der Waals surface area (Å²) < 4.78 is 12.9. The zero-order valence-corrected chi connectivity index (χ0v) is 14.5. The van der Waals surface area contributed by atoms with E-state index in [1.165, 1.54) is 12.1 Å². The van der Waals surface area contributed by atoms with Gasteiger partial charge < -0.3 is 15.5 Å². The van der Waals surface area contributed by atoms with Crippen molar-refractivity contribution in [1.82, 2.24) is 5.32 Å². The Labute approximate surface area is 155 Å². The van der Waals surface area contributed by atoms with Crippen molar-refractivity contribution in [2.24, 2.45) is 0 Å². The SMILES string of the molecule is O=C(NCc1ccc(F)cc1)C(=O)Nc1cc2c3c(c1)CCN3C(=O)CC2. The van der Waals surface area contributed by atoms with E-state index >= 15 is 0 Å². The molecule has 0 saturated heterocycles. The van der Waals surface area contributed by atoms with E-state index in [0.717, 1.165) is 23.2 Å². The molecule has 2 aromatic rings. The van der Waals surface area contributed by atoms with Crippen LogP contribution in [0.3, 0.4) is 0 Å². The van der Waals surface area contributed by atoms with Crippen LogP contribution in [0.25, 0.3) is 0 Å². The number of hydrogen-bond donors (Lipinski definition) is 2. The first kappa shape index (κ1) is 17.2. The van der Waals surface area contributed by atoms with Crippen LogP contribution in [-0.4, -0.2) is 24.3 Å². The van der Waals surface area contributed by atoms with Crippen molar-refractivity contribution in [3.05, 3.63) is 58.9 Å². The Bertz CT molecular complexity index is 940. The fraction of sp³-hybridized carbons (Fsp3) is 0.250. The van der Waals surface area contributed by atoms with Gasteiger partial charge >= 0.3 is 11.8 Å². The minimum absolute atomic E-state index is 0.137. The number of aryl methyl sites for hydroxylation is 1. The fourth-order valence-electron chi connectivity index (χ4n) is 3.58. The summed E-state index contributed by atoms with van der Waals surface area (Å²) in [7, 11) is 0. The lowest BCUT2D eigenvalue weighted by molar-refractivity contribution is -0.136. The first-order chi connectivity index (χ1) is 13.0. The van der Waals surface area contributed by atoms with E-state index in [-0.39, 0.29) is 18.3 Å². The van der Waals surface area contributed by atoms with Crippen LogP contribution in [0.5, 0.6) is 0 Å². The van der Waals surface area contributed by atoms with Crippen LogP contribution in [0.2, 0.25) is 0 Å². The van der Waals surface area contributed by atoms with E-state index in [1.54, 1.807) is 17.0 Å². The number of carbonyl (C=O) groups is 3. The number of amides is 3. The van der Waals surface area contributed by atoms with Crippen LogP contribution in [0.15, 0.2) is 36.4 Å². The van der Waals surface area contributed by atoms with Gasteiger partial charge in [0.1, 0.15) is 5.82 Å². The first-order valence-electron chi connectivity index (χ1n) is 8.81. The van der Waals surface area contributed by atoms with Crippen LogP contribution in [-0.2, 0) is 33.8 Å². The highest BCUT2D eigenvalue weighted by atomic mass is 19.1. The minimum Gasteiger partial charge on any atom is -0.344 e. The Kier molecular flexibility index (Phi) is 4.35. The number of benzene rings is 2. The van der Waals surface area contributed by atoms with Gasteiger partial charge in [0.25, 0.3) is 0 Å². The van der Waals surface area contributed by atoms with Gasteiger partial charge in [0.2, 0.25) is 5.91 Å². The molecule has 0 saturated carbocycles. The molecule has 0 bridgehead atoms. The van der Waals surface area contributed by atoms with Gasteiger partial charge in [0.15, 0.2) is 0 Å². The summed E-state index contributed by atoms with van der Waals surface area (Å²) in [6.07, 6.45) is 1.84. The largest absolute Gasteiger partial charge is 0.344 e. The number of anilines is 2. The topological polar surface area (TPSA) is 78.5 Å². The molecule has 2 heterocycles. The molecular weight excluding hydrogens is 349 g/mol. The molecule has 0 aromatic heterocycles. The van der Waals surface area contributed by atoms with E-state index in [2.05, 4.69) is 10.6 Å². The molecule has 6 nitrogen and oxygen atoms in total. The quantitative estimate of drug-likeness (QED) is 0.814. The van der Waals surface area contributed by atoms with Crippen molar-refractivity contribution in [1.29, 1.82) is 0 Å². The van der Waals surface area contributed by atoms with Crippen molar-refractivity contribution in [2.75, 3.05) is 16.8 Å². The van der Waals surface area contributed by atoms with Crippen molar-refractivity contribution >= 4 is 29.1 Å². The molecule has 138 valence electrons. The second kappa shape index (κ2) is 6.83. The number of carbonyl (C=O) groups excluding carboxylic acids is 3. The molecule has 4 rings (SSSR count). The molecule has 0 atom stereocenters. The molecule has 2 aliphatic heterocycles. The number of halogens is 1. The van der Waals surface area contributed by atoms with Crippen LogP contribution in [0, 0.1) is 5.82 Å². The number of nitrogens with one attached hydrogen (secondary N) is 2. The number of rotatable bonds is 3. The predicted octanol–water partition coefficient (Wildman–Crippen LogP) is 1.92. The lowest BCUT2D eigenvalue weighted by Crippen LogP contribution is -2.35. The zero-order chi connectivity index (χ0) is 19.0. The van der Waals surface area contributed by atoms with E-state index in [9.17, 15) is 18.8 Å². The van der Waals surface area contributed by atoms with Crippen molar-refractivity contribution < 1.29 is 18.8 Å². The highest BCUT2D eigenvalue weighted by Gasteiger charge is 2.31. The maximum atomic E-state index is 12.9. The highest BCUT2D eigenvalue weighted by Crippen LogP contribution is 2.38. The van der Waals surface area contributed by atoms with Gasteiger partial charge in [-0.2, -0.15) is 0 Å². The Hall–Kier alpha value is -3.22. The van der Waals surface area contributed by atoms with Crippen LogP contribution in [0.4, 0.5) is 15.8 Å². The summed E-state index contributed by atoms with van der Waals surface area (Å²) in [5.74, 6) is -1.74. The van der Waals surface area contributed by atoms with Crippen molar-refractivity contribution in [3.63, 3.8) is 0 Å². The summed E-state index contributed by atoms with van der Waals surface area (Å²) in [5, 5.41) is 5.14. The monoisotopic (exact) mass is 367 g/mol. The predicted molar refractivity (Wildman–Crippen MR) is 97.7 cm³/mol. The molecule has 2 aromatic carbocycles. The molecule has 2 aliphatic rings. The third-order valence-corrected chi connectivity index (χ3v) is 4.88. The zero-order valence-electron chi connectivity index (χ0n) is 14.5. The summed E-state index contributed by atoms with van der Waals surface area (Å²) in [5.41, 5.74) is 4.25. The highest BCUT2D eigenvalue weighted by molar-refractivity contribution is 6.39. The third-order valence-electron chi connectivity index (χ3n) is 4.88. The van der Waals surface area contributed by atoms with Gasteiger partial charge in [-0.15, -0.1) is 0 Å². The van der Waals surface area contributed by atoms with E-state index in [4.69, 9.17) is 0 Å². The van der Waals surface area contributed by atoms with E-state index in [0.29, 0.717) is 30.6 Å². The van der Waals surface area contributed by atoms with Crippen LogP contribution in [0.1, 0.15) is 23.1 Å². The third kappa shape index (κ3) is 3.40. The second-order valence-corrected chi connectivity index (χ2v) is 6.70. The maximum absolute atomic E-state index is 12.9. The van der Waals surface area contributed by atoms with Gasteiger partial charge in [0.05, 0.1) is 5.69 Å². The summed E-state index contributed by atoms with van der Waals surface area (Å²) >= 11 is 0. The van der Waals surface area contributed by atoms with E-state index in [1.807, 2.05) is 12.1 Å². The minimum atomic E-state index is -0.759. The maximum Gasteiger partial charge on any atom is 0.313 e. The first-order valence-corrected chi connectivity index (χ1v) is 8.81. The molecule has 27 heavy (non-hydrogen) atoms. The second-order valence-electron chi connectivity index (χ2n) is 6.70. The Morgan fingerprint density at radius 1 is 1.00 bits per heavy atom. The normalized spacial score (nSPS) is 14.7. The van der Waals surface area contributed by atoms with Crippen LogP contribution >= 0.6 is 0 Å². The molecular formula is C20H18FN3O3. The lowest BCUT2D eigenvalue weighted by atomic mass is 9.98.